The van der Waals surface area contributed by atoms with Crippen LogP contribution in [0.2, 0.25) is 0 Å². The van der Waals surface area contributed by atoms with E-state index in [-0.39, 0.29) is 12.2 Å². The van der Waals surface area contributed by atoms with E-state index in [1.54, 1.807) is 18.2 Å². The standard InChI is InChI=1S/C19H18N2O3/c1-11-9-13(22)7-8-16(11)21-19-14-5-3-4-6-17(14)20-12(2)15(19)10-18(23)24/h3-9,22H,10H2,1-2H3,(H,20,21)(H,23,24). The number of pyridine rings is 1. The van der Waals surface area contributed by atoms with Gasteiger partial charge in [0.2, 0.25) is 0 Å². The van der Waals surface area contributed by atoms with Gasteiger partial charge in [0.15, 0.2) is 0 Å². The highest BCUT2D eigenvalue weighted by Crippen LogP contribution is 2.33. The molecule has 0 aliphatic rings. The summed E-state index contributed by atoms with van der Waals surface area (Å²) >= 11 is 0. The molecule has 0 aliphatic carbocycles. The largest absolute Gasteiger partial charge is 0.508 e. The number of anilines is 2. The molecule has 3 rings (SSSR count). The van der Waals surface area contributed by atoms with E-state index in [1.807, 2.05) is 38.1 Å². The van der Waals surface area contributed by atoms with Crippen molar-refractivity contribution in [3.8, 4) is 5.75 Å². The van der Waals surface area contributed by atoms with Crippen LogP contribution in [0, 0.1) is 13.8 Å². The summed E-state index contributed by atoms with van der Waals surface area (Å²) in [4.78, 5) is 15.8. The average molecular weight is 322 g/mol. The van der Waals surface area contributed by atoms with Crippen molar-refractivity contribution in [3.63, 3.8) is 0 Å². The molecule has 5 nitrogen and oxygen atoms in total. The normalized spacial score (nSPS) is 10.8. The van der Waals surface area contributed by atoms with Crippen molar-refractivity contribution in [2.75, 3.05) is 5.32 Å². The van der Waals surface area contributed by atoms with Crippen molar-refractivity contribution < 1.29 is 15.0 Å². The van der Waals surface area contributed by atoms with E-state index in [0.717, 1.165) is 27.8 Å². The van der Waals surface area contributed by atoms with Crippen LogP contribution in [0.25, 0.3) is 10.9 Å². The molecule has 5 heteroatoms. The molecule has 0 amide bonds. The summed E-state index contributed by atoms with van der Waals surface area (Å²) < 4.78 is 0. The van der Waals surface area contributed by atoms with Crippen LogP contribution in [0.3, 0.4) is 0 Å². The lowest BCUT2D eigenvalue weighted by atomic mass is 10.0. The van der Waals surface area contributed by atoms with E-state index in [1.165, 1.54) is 0 Å². The molecule has 0 saturated carbocycles. The summed E-state index contributed by atoms with van der Waals surface area (Å²) in [6.07, 6.45) is -0.108. The van der Waals surface area contributed by atoms with Gasteiger partial charge in [-0.2, -0.15) is 0 Å². The molecule has 0 bridgehead atoms. The quantitative estimate of drug-likeness (QED) is 0.634. The van der Waals surface area contributed by atoms with Gasteiger partial charge in [-0.25, -0.2) is 0 Å². The third-order valence-electron chi connectivity index (χ3n) is 4.00. The number of para-hydroxylation sites is 1. The van der Waals surface area contributed by atoms with Crippen LogP contribution < -0.4 is 5.32 Å². The number of phenols is 1. The van der Waals surface area contributed by atoms with Crippen LogP contribution in [0.5, 0.6) is 5.75 Å². The van der Waals surface area contributed by atoms with Gasteiger partial charge in [-0.15, -0.1) is 0 Å². The molecule has 0 unspecified atom stereocenters. The van der Waals surface area contributed by atoms with Gasteiger partial charge in [-0.05, 0) is 43.7 Å². The van der Waals surface area contributed by atoms with Gasteiger partial charge in [-0.3, -0.25) is 9.78 Å². The number of aromatic hydroxyl groups is 1. The first kappa shape index (κ1) is 15.8. The molecule has 0 atom stereocenters. The summed E-state index contributed by atoms with van der Waals surface area (Å²) in [7, 11) is 0. The molecule has 1 aromatic heterocycles. The summed E-state index contributed by atoms with van der Waals surface area (Å²) in [5.41, 5.74) is 4.59. The van der Waals surface area contributed by atoms with Crippen molar-refractivity contribution >= 4 is 28.2 Å². The lowest BCUT2D eigenvalue weighted by molar-refractivity contribution is -0.136. The van der Waals surface area contributed by atoms with E-state index in [4.69, 9.17) is 0 Å². The number of nitrogens with one attached hydrogen (secondary N) is 1. The van der Waals surface area contributed by atoms with Crippen LogP contribution in [0.1, 0.15) is 16.8 Å². The first-order chi connectivity index (χ1) is 11.5. The Hall–Kier alpha value is -3.08. The Morgan fingerprint density at radius 1 is 1.17 bits per heavy atom. The maximum absolute atomic E-state index is 11.3. The van der Waals surface area contributed by atoms with Crippen molar-refractivity contribution in [2.45, 2.75) is 20.3 Å². The number of hydrogen-bond acceptors (Lipinski definition) is 4. The fraction of sp³-hybridized carbons (Fsp3) is 0.158. The number of hydrogen-bond donors (Lipinski definition) is 3. The number of fused-ring (bicyclic) bond motifs is 1. The number of carbonyl (C=O) groups is 1. The highest BCUT2D eigenvalue weighted by atomic mass is 16.4. The minimum atomic E-state index is -0.902. The molecule has 0 radical (unpaired) electrons. The first-order valence-corrected chi connectivity index (χ1v) is 7.62. The predicted octanol–water partition coefficient (Wildman–Crippen LogP) is 3.93. The number of carboxylic acid groups (broad SMARTS) is 1. The number of rotatable bonds is 4. The Balaban J connectivity index is 2.21. The highest BCUT2D eigenvalue weighted by molar-refractivity contribution is 5.96. The van der Waals surface area contributed by atoms with Crippen LogP contribution in [-0.4, -0.2) is 21.2 Å². The molecule has 0 saturated heterocycles. The molecule has 1 heterocycles. The van der Waals surface area contributed by atoms with Crippen molar-refractivity contribution in [3.05, 3.63) is 59.3 Å². The zero-order valence-corrected chi connectivity index (χ0v) is 13.5. The SMILES string of the molecule is Cc1cc(O)ccc1Nc1c(CC(=O)O)c(C)nc2ccccc12. The maximum atomic E-state index is 11.3. The molecule has 2 aromatic carbocycles. The van der Waals surface area contributed by atoms with Crippen LogP contribution >= 0.6 is 0 Å². The number of benzene rings is 2. The summed E-state index contributed by atoms with van der Waals surface area (Å²) in [6.45, 7) is 3.70. The summed E-state index contributed by atoms with van der Waals surface area (Å²) in [5.74, 6) is -0.708. The Bertz CT molecular complexity index is 935. The molecule has 0 spiro atoms. The number of nitrogens with zero attached hydrogens (tertiary/aromatic N) is 1. The Labute approximate surface area is 139 Å². The molecule has 122 valence electrons. The molecule has 3 aromatic rings. The van der Waals surface area contributed by atoms with E-state index >= 15 is 0 Å². The van der Waals surface area contributed by atoms with Gasteiger partial charge in [0, 0.05) is 22.3 Å². The zero-order valence-electron chi connectivity index (χ0n) is 13.5. The number of aryl methyl sites for hydroxylation is 2. The van der Waals surface area contributed by atoms with Crippen LogP contribution in [-0.2, 0) is 11.2 Å². The van der Waals surface area contributed by atoms with Crippen LogP contribution in [0.15, 0.2) is 42.5 Å². The molecular formula is C19H18N2O3. The van der Waals surface area contributed by atoms with Crippen molar-refractivity contribution in [1.82, 2.24) is 4.98 Å². The monoisotopic (exact) mass is 322 g/mol. The van der Waals surface area contributed by atoms with Crippen molar-refractivity contribution in [1.29, 1.82) is 0 Å². The fourth-order valence-corrected chi connectivity index (χ4v) is 2.81. The lowest BCUT2D eigenvalue weighted by Crippen LogP contribution is -2.08. The van der Waals surface area contributed by atoms with E-state index < -0.39 is 5.97 Å². The van der Waals surface area contributed by atoms with E-state index in [2.05, 4.69) is 10.3 Å². The van der Waals surface area contributed by atoms with Crippen molar-refractivity contribution in [2.24, 2.45) is 0 Å². The van der Waals surface area contributed by atoms with Gasteiger partial charge in [0.05, 0.1) is 17.6 Å². The number of phenolic OH excluding ortho intramolecular Hbond substituents is 1. The third kappa shape index (κ3) is 3.01. The topological polar surface area (TPSA) is 82.5 Å². The van der Waals surface area contributed by atoms with E-state index in [0.29, 0.717) is 11.3 Å². The average Bonchev–Trinajstić information content (AvgIpc) is 2.52. The third-order valence-corrected chi connectivity index (χ3v) is 4.00. The van der Waals surface area contributed by atoms with Gasteiger partial charge in [0.1, 0.15) is 5.75 Å². The van der Waals surface area contributed by atoms with E-state index in [9.17, 15) is 15.0 Å². The Kier molecular flexibility index (Phi) is 4.08. The second-order valence-corrected chi connectivity index (χ2v) is 5.76. The highest BCUT2D eigenvalue weighted by Gasteiger charge is 2.16. The lowest BCUT2D eigenvalue weighted by Gasteiger charge is -2.17. The summed E-state index contributed by atoms with van der Waals surface area (Å²) in [5, 5.41) is 23.0. The summed E-state index contributed by atoms with van der Waals surface area (Å²) in [6, 6.07) is 12.7. The fourth-order valence-electron chi connectivity index (χ4n) is 2.81. The molecule has 3 N–H and O–H groups in total. The van der Waals surface area contributed by atoms with Gasteiger partial charge < -0.3 is 15.5 Å². The van der Waals surface area contributed by atoms with Crippen LogP contribution in [0.4, 0.5) is 11.4 Å². The molecule has 24 heavy (non-hydrogen) atoms. The van der Waals surface area contributed by atoms with Gasteiger partial charge >= 0.3 is 5.97 Å². The molecule has 0 fully saturated rings. The minimum absolute atomic E-state index is 0.108. The Morgan fingerprint density at radius 2 is 1.92 bits per heavy atom. The first-order valence-electron chi connectivity index (χ1n) is 7.62. The zero-order chi connectivity index (χ0) is 17.3. The number of carboxylic acids is 1. The number of aliphatic carboxylic acids is 1. The Morgan fingerprint density at radius 3 is 2.62 bits per heavy atom. The minimum Gasteiger partial charge on any atom is -0.508 e. The number of aromatic nitrogens is 1. The molecular weight excluding hydrogens is 304 g/mol. The molecule has 0 aliphatic heterocycles. The predicted molar refractivity (Wildman–Crippen MR) is 93.9 cm³/mol. The smallest absolute Gasteiger partial charge is 0.307 e. The second-order valence-electron chi connectivity index (χ2n) is 5.76. The van der Waals surface area contributed by atoms with Gasteiger partial charge in [-0.1, -0.05) is 18.2 Å². The maximum Gasteiger partial charge on any atom is 0.307 e. The second kappa shape index (κ2) is 6.20. The van der Waals surface area contributed by atoms with Gasteiger partial charge in [0.25, 0.3) is 0 Å².